The lowest BCUT2D eigenvalue weighted by Gasteiger charge is -2.28. The van der Waals surface area contributed by atoms with Gasteiger partial charge in [-0.2, -0.15) is 0 Å². The second kappa shape index (κ2) is 4.58. The van der Waals surface area contributed by atoms with Gasteiger partial charge in [-0.1, -0.05) is 13.8 Å². The van der Waals surface area contributed by atoms with Gasteiger partial charge in [-0.05, 0) is 6.92 Å². The maximum absolute atomic E-state index is 10.0. The topological polar surface area (TPSA) is 105 Å². The fourth-order valence-electron chi connectivity index (χ4n) is 0.608. The van der Waals surface area contributed by atoms with Crippen LogP contribution in [0.2, 0.25) is 0 Å². The maximum atomic E-state index is 10.0. The summed E-state index contributed by atoms with van der Waals surface area (Å²) in [4.78, 5) is 28.3. The average Bonchev–Trinajstić information content (AvgIpc) is 1.99. The quantitative estimate of drug-likeness (QED) is 0.472. The number of rotatable bonds is 6. The van der Waals surface area contributed by atoms with Gasteiger partial charge >= 0.3 is 0 Å². The molecule has 8 heteroatoms. The van der Waals surface area contributed by atoms with Crippen LogP contribution in [0.3, 0.4) is 0 Å². The third-order valence-electron chi connectivity index (χ3n) is 1.89. The molecule has 8 nitrogen and oxygen atoms in total. The largest absolute Gasteiger partial charge is 0.313 e. The minimum absolute atomic E-state index is 0.255. The van der Waals surface area contributed by atoms with Crippen LogP contribution in [0.4, 0.5) is 0 Å². The predicted molar refractivity (Wildman–Crippen MR) is 44.3 cm³/mol. The molecule has 0 saturated heterocycles. The molecule has 0 aromatic rings. The van der Waals surface area contributed by atoms with Crippen molar-refractivity contribution in [2.24, 2.45) is 5.41 Å². The normalized spacial score (nSPS) is 13.1. The standard InChI is InChI=1S/C6H12N2O6/c1-5(14-8(11)12)6(2,3)4-13-7(9)10/h5H,4H2,1-3H3/t5-/m1/s1. The lowest BCUT2D eigenvalue weighted by atomic mass is 9.89. The summed E-state index contributed by atoms with van der Waals surface area (Å²) in [5.74, 6) is 0. The minimum atomic E-state index is -0.944. The van der Waals surface area contributed by atoms with Gasteiger partial charge in [0.15, 0.2) is 0 Å². The highest BCUT2D eigenvalue weighted by Gasteiger charge is 2.30. The van der Waals surface area contributed by atoms with Crippen LogP contribution in [-0.2, 0) is 9.68 Å². The van der Waals surface area contributed by atoms with Crippen LogP contribution in [0.25, 0.3) is 0 Å². The van der Waals surface area contributed by atoms with Crippen molar-refractivity contribution in [2.75, 3.05) is 6.61 Å². The summed E-state index contributed by atoms with van der Waals surface area (Å²) in [6.45, 7) is 4.34. The zero-order chi connectivity index (χ0) is 11.4. The highest BCUT2D eigenvalue weighted by molar-refractivity contribution is 4.73. The fraction of sp³-hybridized carbons (Fsp3) is 1.00. The zero-order valence-corrected chi connectivity index (χ0v) is 8.13. The van der Waals surface area contributed by atoms with Gasteiger partial charge < -0.3 is 9.68 Å². The van der Waals surface area contributed by atoms with Gasteiger partial charge in [0.2, 0.25) is 0 Å². The number of hydrogen-bond acceptors (Lipinski definition) is 6. The van der Waals surface area contributed by atoms with Crippen LogP contribution in [0.1, 0.15) is 20.8 Å². The van der Waals surface area contributed by atoms with E-state index in [9.17, 15) is 20.2 Å². The van der Waals surface area contributed by atoms with Gasteiger partial charge in [-0.3, -0.25) is 0 Å². The first kappa shape index (κ1) is 12.4. The summed E-state index contributed by atoms with van der Waals surface area (Å²) in [6.07, 6.45) is -0.780. The Hall–Kier alpha value is -1.60. The third kappa shape index (κ3) is 4.43. The van der Waals surface area contributed by atoms with E-state index in [1.54, 1.807) is 13.8 Å². The number of nitrogens with zero attached hydrogens (tertiary/aromatic N) is 2. The Morgan fingerprint density at radius 3 is 2.14 bits per heavy atom. The molecule has 0 N–H and O–H groups in total. The van der Waals surface area contributed by atoms with Crippen LogP contribution >= 0.6 is 0 Å². The first-order valence-electron chi connectivity index (χ1n) is 3.84. The van der Waals surface area contributed by atoms with Crippen molar-refractivity contribution in [2.45, 2.75) is 26.9 Å². The molecule has 0 aliphatic heterocycles. The Labute approximate surface area is 80.0 Å². The average molecular weight is 208 g/mol. The molecule has 0 radical (unpaired) electrons. The van der Waals surface area contributed by atoms with Crippen LogP contribution in [-0.4, -0.2) is 22.9 Å². The molecule has 0 aromatic carbocycles. The Kier molecular flexibility index (Phi) is 4.06. The van der Waals surface area contributed by atoms with Gasteiger partial charge in [-0.15, -0.1) is 20.2 Å². The van der Waals surface area contributed by atoms with E-state index < -0.39 is 21.7 Å². The van der Waals surface area contributed by atoms with E-state index >= 15 is 0 Å². The van der Waals surface area contributed by atoms with Crippen molar-refractivity contribution < 1.29 is 19.8 Å². The Morgan fingerprint density at radius 2 is 1.79 bits per heavy atom. The Bertz CT molecular complexity index is 228. The first-order chi connectivity index (χ1) is 6.25. The van der Waals surface area contributed by atoms with Crippen LogP contribution in [0, 0.1) is 25.6 Å². The first-order valence-corrected chi connectivity index (χ1v) is 3.84. The maximum Gasteiger partial charge on any atom is 0.294 e. The third-order valence-corrected chi connectivity index (χ3v) is 1.89. The van der Waals surface area contributed by atoms with Crippen LogP contribution < -0.4 is 0 Å². The van der Waals surface area contributed by atoms with Crippen molar-refractivity contribution in [3.05, 3.63) is 20.2 Å². The Morgan fingerprint density at radius 1 is 1.29 bits per heavy atom. The molecule has 0 amide bonds. The van der Waals surface area contributed by atoms with Crippen molar-refractivity contribution in [3.63, 3.8) is 0 Å². The molecule has 1 atom stereocenters. The van der Waals surface area contributed by atoms with Gasteiger partial charge in [0.05, 0.1) is 0 Å². The molecule has 0 bridgehead atoms. The van der Waals surface area contributed by atoms with Crippen molar-refractivity contribution in [1.29, 1.82) is 0 Å². The summed E-state index contributed by atoms with van der Waals surface area (Å²) < 4.78 is 0. The van der Waals surface area contributed by atoms with Crippen molar-refractivity contribution >= 4 is 0 Å². The zero-order valence-electron chi connectivity index (χ0n) is 8.13. The highest BCUT2D eigenvalue weighted by Crippen LogP contribution is 2.23. The summed E-state index contributed by atoms with van der Waals surface area (Å²) in [7, 11) is 0. The SMILES string of the molecule is C[C@@H](O[N+](=O)[O-])C(C)(C)CO[N+](=O)[O-]. The van der Waals surface area contributed by atoms with Gasteiger partial charge in [0.25, 0.3) is 10.2 Å². The smallest absolute Gasteiger partial charge is 0.294 e. The molecule has 0 rings (SSSR count). The Balaban J connectivity index is 4.15. The monoisotopic (exact) mass is 208 g/mol. The molecule has 0 aromatic heterocycles. The van der Waals surface area contributed by atoms with E-state index in [0.717, 1.165) is 0 Å². The van der Waals surface area contributed by atoms with E-state index in [1.807, 2.05) is 0 Å². The molecule has 0 heterocycles. The van der Waals surface area contributed by atoms with E-state index in [2.05, 4.69) is 9.68 Å². The molecule has 0 fully saturated rings. The summed E-state index contributed by atoms with van der Waals surface area (Å²) >= 11 is 0. The predicted octanol–water partition coefficient (Wildman–Crippen LogP) is 0.818. The lowest BCUT2D eigenvalue weighted by molar-refractivity contribution is -0.779. The van der Waals surface area contributed by atoms with Gasteiger partial charge in [0.1, 0.15) is 12.7 Å². The highest BCUT2D eigenvalue weighted by atomic mass is 17.0. The molecule has 82 valence electrons. The van der Waals surface area contributed by atoms with Crippen LogP contribution in [0.15, 0.2) is 0 Å². The molecule has 0 saturated carbocycles. The van der Waals surface area contributed by atoms with E-state index in [-0.39, 0.29) is 6.61 Å². The van der Waals surface area contributed by atoms with E-state index in [4.69, 9.17) is 0 Å². The van der Waals surface area contributed by atoms with Gasteiger partial charge in [0, 0.05) is 5.41 Å². The molecular formula is C6H12N2O6. The molecule has 0 spiro atoms. The molecule has 14 heavy (non-hydrogen) atoms. The summed E-state index contributed by atoms with van der Waals surface area (Å²) in [5.41, 5.74) is -0.805. The molecule has 0 aliphatic rings. The second-order valence-corrected chi connectivity index (χ2v) is 3.46. The molecule has 0 aliphatic carbocycles. The van der Waals surface area contributed by atoms with E-state index in [0.29, 0.717) is 0 Å². The van der Waals surface area contributed by atoms with Crippen LogP contribution in [0.5, 0.6) is 0 Å². The second-order valence-electron chi connectivity index (χ2n) is 3.46. The fourth-order valence-corrected chi connectivity index (χ4v) is 0.608. The van der Waals surface area contributed by atoms with Crippen molar-refractivity contribution in [1.82, 2.24) is 0 Å². The summed E-state index contributed by atoms with van der Waals surface area (Å²) in [6, 6.07) is 0. The lowest BCUT2D eigenvalue weighted by Crippen LogP contribution is -2.36. The number of hydrogen-bond donors (Lipinski definition) is 0. The molecule has 0 unspecified atom stereocenters. The summed E-state index contributed by atoms with van der Waals surface area (Å²) in [5, 5.41) is 18.0. The minimum Gasteiger partial charge on any atom is -0.313 e. The van der Waals surface area contributed by atoms with E-state index in [1.165, 1.54) is 6.92 Å². The van der Waals surface area contributed by atoms with Gasteiger partial charge in [-0.25, -0.2) is 0 Å². The van der Waals surface area contributed by atoms with Crippen molar-refractivity contribution in [3.8, 4) is 0 Å². The molecular weight excluding hydrogens is 196 g/mol.